The number of esters is 1. The summed E-state index contributed by atoms with van der Waals surface area (Å²) < 4.78 is 32.3. The second kappa shape index (κ2) is 8.32. The molecule has 0 saturated carbocycles. The Hall–Kier alpha value is -2.51. The van der Waals surface area contributed by atoms with Crippen LogP contribution >= 0.6 is 0 Å². The van der Waals surface area contributed by atoms with Crippen molar-refractivity contribution in [3.05, 3.63) is 64.7 Å². The summed E-state index contributed by atoms with van der Waals surface area (Å²) in [5.74, 6) is -0.977. The number of Topliss-reactive ketones (excluding diaryl/α,β-unsaturated/α-hetero) is 1. The van der Waals surface area contributed by atoms with Gasteiger partial charge in [-0.05, 0) is 74.4 Å². The molecule has 1 unspecified atom stereocenters. The molecule has 0 bridgehead atoms. The van der Waals surface area contributed by atoms with E-state index in [-0.39, 0.29) is 16.2 Å². The van der Waals surface area contributed by atoms with E-state index >= 15 is 0 Å². The quantitative estimate of drug-likeness (QED) is 0.521. The average Bonchev–Trinajstić information content (AvgIpc) is 3.44. The van der Waals surface area contributed by atoms with Crippen molar-refractivity contribution in [2.45, 2.75) is 50.0 Å². The zero-order valence-electron chi connectivity index (χ0n) is 17.0. The lowest BCUT2D eigenvalue weighted by Crippen LogP contribution is -2.28. The van der Waals surface area contributed by atoms with Crippen LogP contribution in [-0.4, -0.2) is 43.7 Å². The van der Waals surface area contributed by atoms with Gasteiger partial charge in [-0.25, -0.2) is 13.2 Å². The van der Waals surface area contributed by atoms with Crippen molar-refractivity contribution < 1.29 is 22.7 Å². The van der Waals surface area contributed by atoms with Crippen LogP contribution in [0.4, 0.5) is 0 Å². The highest BCUT2D eigenvalue weighted by molar-refractivity contribution is 7.89. The number of fused-ring (bicyclic) bond motifs is 1. The molecule has 0 amide bonds. The van der Waals surface area contributed by atoms with Crippen molar-refractivity contribution in [3.8, 4) is 0 Å². The van der Waals surface area contributed by atoms with Gasteiger partial charge >= 0.3 is 5.97 Å². The first-order chi connectivity index (χ1) is 14.4. The van der Waals surface area contributed by atoms with Gasteiger partial charge in [-0.3, -0.25) is 4.79 Å². The third-order valence-corrected chi connectivity index (χ3v) is 7.70. The summed E-state index contributed by atoms with van der Waals surface area (Å²) >= 11 is 0. The normalized spacial score (nSPS) is 17.5. The van der Waals surface area contributed by atoms with Crippen LogP contribution in [-0.2, 0) is 27.6 Å². The number of carbonyl (C=O) groups is 2. The molecule has 0 radical (unpaired) electrons. The Balaban J connectivity index is 1.47. The molecule has 0 N–H and O–H groups in total. The van der Waals surface area contributed by atoms with E-state index in [4.69, 9.17) is 4.74 Å². The standard InChI is InChI=1S/C23H25NO5S/c1-16(22(25)19-11-10-17-6-4-7-18(17)14-19)29-23(26)20-8-5-9-21(15-20)30(27,28)24-12-2-3-13-24/h5,8-11,14-16H,2-4,6-7,12-13H2,1H3. The second-order valence-electron chi connectivity index (χ2n) is 7.89. The summed E-state index contributed by atoms with van der Waals surface area (Å²) in [5, 5.41) is 0. The lowest BCUT2D eigenvalue weighted by molar-refractivity contribution is 0.0318. The fraction of sp³-hybridized carbons (Fsp3) is 0.391. The molecular weight excluding hydrogens is 402 g/mol. The van der Waals surface area contributed by atoms with Gasteiger partial charge < -0.3 is 4.74 Å². The van der Waals surface area contributed by atoms with Gasteiger partial charge in [-0.2, -0.15) is 4.31 Å². The van der Waals surface area contributed by atoms with E-state index in [1.54, 1.807) is 6.07 Å². The van der Waals surface area contributed by atoms with Crippen molar-refractivity contribution in [2.24, 2.45) is 0 Å². The fourth-order valence-electron chi connectivity index (χ4n) is 4.10. The third-order valence-electron chi connectivity index (χ3n) is 5.81. The van der Waals surface area contributed by atoms with Gasteiger partial charge in [0, 0.05) is 18.7 Å². The zero-order chi connectivity index (χ0) is 21.3. The Bertz CT molecular complexity index is 1090. The minimum atomic E-state index is -3.63. The maximum atomic E-state index is 12.7. The van der Waals surface area contributed by atoms with Gasteiger partial charge in [-0.15, -0.1) is 0 Å². The lowest BCUT2D eigenvalue weighted by Gasteiger charge is -2.16. The number of rotatable bonds is 6. The van der Waals surface area contributed by atoms with Crippen LogP contribution in [0.1, 0.15) is 58.0 Å². The SMILES string of the molecule is CC(OC(=O)c1cccc(S(=O)(=O)N2CCCC2)c1)C(=O)c1ccc2c(c1)CCC2. The van der Waals surface area contributed by atoms with Crippen molar-refractivity contribution >= 4 is 21.8 Å². The van der Waals surface area contributed by atoms with E-state index in [1.807, 2.05) is 12.1 Å². The molecule has 1 fully saturated rings. The Morgan fingerprint density at radius 3 is 2.43 bits per heavy atom. The van der Waals surface area contributed by atoms with Crippen LogP contribution in [0.5, 0.6) is 0 Å². The molecular formula is C23H25NO5S. The first-order valence-electron chi connectivity index (χ1n) is 10.3. The average molecular weight is 428 g/mol. The number of sulfonamides is 1. The minimum Gasteiger partial charge on any atom is -0.451 e. The maximum Gasteiger partial charge on any atom is 0.338 e. The molecule has 4 rings (SSSR count). The highest BCUT2D eigenvalue weighted by atomic mass is 32.2. The minimum absolute atomic E-state index is 0.0662. The van der Waals surface area contributed by atoms with Crippen molar-refractivity contribution in [1.82, 2.24) is 4.31 Å². The Kier molecular flexibility index (Phi) is 5.75. The van der Waals surface area contributed by atoms with Gasteiger partial charge in [0.05, 0.1) is 10.5 Å². The molecule has 1 aliphatic heterocycles. The number of ether oxygens (including phenoxy) is 1. The number of carbonyl (C=O) groups excluding carboxylic acids is 2. The highest BCUT2D eigenvalue weighted by Gasteiger charge is 2.28. The molecule has 6 nitrogen and oxygen atoms in total. The molecule has 1 atom stereocenters. The van der Waals surface area contributed by atoms with Crippen LogP contribution in [0.25, 0.3) is 0 Å². The van der Waals surface area contributed by atoms with Crippen molar-refractivity contribution in [2.75, 3.05) is 13.1 Å². The number of hydrogen-bond donors (Lipinski definition) is 0. The van der Waals surface area contributed by atoms with E-state index in [9.17, 15) is 18.0 Å². The zero-order valence-corrected chi connectivity index (χ0v) is 17.8. The van der Waals surface area contributed by atoms with Crippen LogP contribution < -0.4 is 0 Å². The van der Waals surface area contributed by atoms with Gasteiger partial charge in [0.2, 0.25) is 15.8 Å². The summed E-state index contributed by atoms with van der Waals surface area (Å²) in [4.78, 5) is 25.4. The number of hydrogen-bond acceptors (Lipinski definition) is 5. The van der Waals surface area contributed by atoms with Crippen LogP contribution in [0.2, 0.25) is 0 Å². The maximum absolute atomic E-state index is 12.7. The molecule has 0 aromatic heterocycles. The van der Waals surface area contributed by atoms with E-state index in [2.05, 4.69) is 0 Å². The highest BCUT2D eigenvalue weighted by Crippen LogP contribution is 2.24. The second-order valence-corrected chi connectivity index (χ2v) is 9.83. The number of nitrogens with zero attached hydrogens (tertiary/aromatic N) is 1. The molecule has 7 heteroatoms. The van der Waals surface area contributed by atoms with Gasteiger partial charge in [0.1, 0.15) is 0 Å². The molecule has 158 valence electrons. The molecule has 30 heavy (non-hydrogen) atoms. The third kappa shape index (κ3) is 4.04. The van der Waals surface area contributed by atoms with Gasteiger partial charge in [0.15, 0.2) is 6.10 Å². The Labute approximate surface area is 176 Å². The largest absolute Gasteiger partial charge is 0.451 e. The predicted molar refractivity (Wildman–Crippen MR) is 112 cm³/mol. The van der Waals surface area contributed by atoms with Crippen LogP contribution in [0.15, 0.2) is 47.4 Å². The predicted octanol–water partition coefficient (Wildman–Crippen LogP) is 3.39. The summed E-state index contributed by atoms with van der Waals surface area (Å²) in [6.07, 6.45) is 3.80. The Morgan fingerprint density at radius 1 is 0.933 bits per heavy atom. The fourth-order valence-corrected chi connectivity index (χ4v) is 5.67. The molecule has 2 aromatic carbocycles. The number of ketones is 1. The van der Waals surface area contributed by atoms with E-state index in [0.29, 0.717) is 18.7 Å². The first kappa shape index (κ1) is 20.8. The molecule has 2 aliphatic rings. The molecule has 0 spiro atoms. The topological polar surface area (TPSA) is 80.8 Å². The first-order valence-corrected chi connectivity index (χ1v) is 11.8. The number of benzene rings is 2. The summed E-state index contributed by atoms with van der Waals surface area (Å²) in [6.45, 7) is 2.52. The van der Waals surface area contributed by atoms with Crippen LogP contribution in [0.3, 0.4) is 0 Å². The van der Waals surface area contributed by atoms with Crippen LogP contribution in [0, 0.1) is 0 Å². The van der Waals surface area contributed by atoms with E-state index < -0.39 is 22.1 Å². The van der Waals surface area contributed by atoms with E-state index in [1.165, 1.54) is 46.6 Å². The van der Waals surface area contributed by atoms with Gasteiger partial charge in [0.25, 0.3) is 0 Å². The summed E-state index contributed by atoms with van der Waals surface area (Å²) in [7, 11) is -3.63. The molecule has 1 saturated heterocycles. The lowest BCUT2D eigenvalue weighted by atomic mass is 10.0. The monoisotopic (exact) mass is 427 g/mol. The van der Waals surface area contributed by atoms with Crippen molar-refractivity contribution in [1.29, 1.82) is 0 Å². The van der Waals surface area contributed by atoms with E-state index in [0.717, 1.165) is 32.1 Å². The number of aryl methyl sites for hydroxylation is 2. The smallest absolute Gasteiger partial charge is 0.338 e. The summed E-state index contributed by atoms with van der Waals surface area (Å²) in [6, 6.07) is 11.5. The van der Waals surface area contributed by atoms with Crippen molar-refractivity contribution in [3.63, 3.8) is 0 Å². The molecule has 2 aromatic rings. The molecule has 1 heterocycles. The Morgan fingerprint density at radius 2 is 1.67 bits per heavy atom. The summed E-state index contributed by atoms with van der Waals surface area (Å²) in [5.41, 5.74) is 3.09. The molecule has 1 aliphatic carbocycles. The van der Waals surface area contributed by atoms with Gasteiger partial charge in [-0.1, -0.05) is 18.2 Å².